The summed E-state index contributed by atoms with van der Waals surface area (Å²) in [6, 6.07) is 7.33. The highest BCUT2D eigenvalue weighted by Crippen LogP contribution is 2.28. The molecule has 2 amide bonds. The van der Waals surface area contributed by atoms with E-state index in [9.17, 15) is 9.59 Å². The smallest absolute Gasteiger partial charge is 0.228 e. The minimum atomic E-state index is -0.257. The van der Waals surface area contributed by atoms with Crippen molar-refractivity contribution >= 4 is 17.5 Å². The Balaban J connectivity index is 1.68. The summed E-state index contributed by atoms with van der Waals surface area (Å²) in [4.78, 5) is 28.2. The quantitative estimate of drug-likeness (QED) is 0.833. The number of hydrogen-bond acceptors (Lipinski definition) is 4. The fraction of sp³-hybridized carbons (Fsp3) is 0.500. The first-order valence-corrected chi connectivity index (χ1v) is 7.50. The summed E-state index contributed by atoms with van der Waals surface area (Å²) in [7, 11) is 1.60. The lowest BCUT2D eigenvalue weighted by molar-refractivity contribution is -0.139. The van der Waals surface area contributed by atoms with E-state index in [1.165, 1.54) is 0 Å². The molecule has 2 aliphatic heterocycles. The molecule has 1 aromatic carbocycles. The van der Waals surface area contributed by atoms with Crippen LogP contribution in [0.15, 0.2) is 24.3 Å². The molecule has 2 fully saturated rings. The largest absolute Gasteiger partial charge is 0.497 e. The molecule has 6 heteroatoms. The molecule has 0 radical (unpaired) electrons. The van der Waals surface area contributed by atoms with Gasteiger partial charge in [0.1, 0.15) is 5.75 Å². The molecule has 118 valence electrons. The number of rotatable bonds is 3. The van der Waals surface area contributed by atoms with Crippen LogP contribution < -0.4 is 9.64 Å². The molecule has 6 nitrogen and oxygen atoms in total. The number of anilines is 1. The van der Waals surface area contributed by atoms with Crippen LogP contribution in [-0.4, -0.2) is 56.7 Å². The first-order valence-electron chi connectivity index (χ1n) is 7.50. The van der Waals surface area contributed by atoms with E-state index in [1.807, 2.05) is 24.3 Å². The van der Waals surface area contributed by atoms with Crippen LogP contribution in [-0.2, 0) is 14.3 Å². The summed E-state index contributed by atoms with van der Waals surface area (Å²) in [6.45, 7) is 2.84. The highest BCUT2D eigenvalue weighted by atomic mass is 16.5. The van der Waals surface area contributed by atoms with Crippen LogP contribution in [0.3, 0.4) is 0 Å². The van der Waals surface area contributed by atoms with Crippen molar-refractivity contribution in [3.05, 3.63) is 24.3 Å². The van der Waals surface area contributed by atoms with Gasteiger partial charge in [-0.3, -0.25) is 9.59 Å². The first-order chi connectivity index (χ1) is 10.7. The van der Waals surface area contributed by atoms with Crippen LogP contribution in [0.1, 0.15) is 6.42 Å². The standard InChI is InChI=1S/C16H20N2O4/c1-21-14-4-2-13(3-5-14)18-11-12(10-15(18)19)16(20)17-6-8-22-9-7-17/h2-5,12H,6-11H2,1H3/t12-/m1/s1. The molecule has 2 saturated heterocycles. The molecule has 0 aromatic heterocycles. The van der Waals surface area contributed by atoms with Gasteiger partial charge >= 0.3 is 0 Å². The summed E-state index contributed by atoms with van der Waals surface area (Å²) in [5.41, 5.74) is 0.808. The summed E-state index contributed by atoms with van der Waals surface area (Å²) < 4.78 is 10.4. The topological polar surface area (TPSA) is 59.1 Å². The molecule has 0 bridgehead atoms. The Kier molecular flexibility index (Phi) is 4.29. The Morgan fingerprint density at radius 2 is 1.91 bits per heavy atom. The molecular formula is C16H20N2O4. The number of methoxy groups -OCH3 is 1. The Labute approximate surface area is 129 Å². The van der Waals surface area contributed by atoms with E-state index in [1.54, 1.807) is 16.9 Å². The monoisotopic (exact) mass is 304 g/mol. The summed E-state index contributed by atoms with van der Waals surface area (Å²) in [6.07, 6.45) is 0.280. The molecular weight excluding hydrogens is 284 g/mol. The molecule has 1 aromatic rings. The van der Waals surface area contributed by atoms with Crippen molar-refractivity contribution in [3.8, 4) is 5.75 Å². The highest BCUT2D eigenvalue weighted by Gasteiger charge is 2.37. The van der Waals surface area contributed by atoms with Crippen LogP contribution >= 0.6 is 0 Å². The van der Waals surface area contributed by atoms with Crippen LogP contribution in [0.5, 0.6) is 5.75 Å². The summed E-state index contributed by atoms with van der Waals surface area (Å²) in [5, 5.41) is 0. The van der Waals surface area contributed by atoms with Crippen molar-refractivity contribution in [2.75, 3.05) is 44.9 Å². The lowest BCUT2D eigenvalue weighted by Gasteiger charge is -2.29. The number of nitrogens with zero attached hydrogens (tertiary/aromatic N) is 2. The minimum absolute atomic E-state index is 0.00298. The Bertz CT molecular complexity index is 552. The Morgan fingerprint density at radius 3 is 2.55 bits per heavy atom. The number of morpholine rings is 1. The van der Waals surface area contributed by atoms with Gasteiger partial charge in [0, 0.05) is 31.7 Å². The maximum absolute atomic E-state index is 12.5. The van der Waals surface area contributed by atoms with Gasteiger partial charge in [0.05, 0.1) is 26.2 Å². The third-order valence-corrected chi connectivity index (χ3v) is 4.18. The maximum atomic E-state index is 12.5. The number of benzene rings is 1. The Morgan fingerprint density at radius 1 is 1.23 bits per heavy atom. The van der Waals surface area contributed by atoms with E-state index >= 15 is 0 Å². The second-order valence-corrected chi connectivity index (χ2v) is 5.54. The molecule has 2 heterocycles. The normalized spacial score (nSPS) is 22.0. The zero-order valence-electron chi connectivity index (χ0n) is 12.7. The van der Waals surface area contributed by atoms with Gasteiger partial charge in [-0.15, -0.1) is 0 Å². The number of carbonyl (C=O) groups is 2. The van der Waals surface area contributed by atoms with E-state index in [-0.39, 0.29) is 24.2 Å². The highest BCUT2D eigenvalue weighted by molar-refractivity contribution is 6.00. The van der Waals surface area contributed by atoms with E-state index in [4.69, 9.17) is 9.47 Å². The van der Waals surface area contributed by atoms with Crippen LogP contribution in [0.25, 0.3) is 0 Å². The van der Waals surface area contributed by atoms with Crippen molar-refractivity contribution in [2.24, 2.45) is 5.92 Å². The lowest BCUT2D eigenvalue weighted by atomic mass is 10.1. The maximum Gasteiger partial charge on any atom is 0.228 e. The van der Waals surface area contributed by atoms with Crippen LogP contribution in [0, 0.1) is 5.92 Å². The Hall–Kier alpha value is -2.08. The second kappa shape index (κ2) is 6.36. The third kappa shape index (κ3) is 2.92. The van der Waals surface area contributed by atoms with Crippen molar-refractivity contribution < 1.29 is 19.1 Å². The van der Waals surface area contributed by atoms with Crippen molar-refractivity contribution in [1.82, 2.24) is 4.90 Å². The molecule has 0 saturated carbocycles. The van der Waals surface area contributed by atoms with Crippen molar-refractivity contribution in [1.29, 1.82) is 0 Å². The van der Waals surface area contributed by atoms with E-state index < -0.39 is 0 Å². The second-order valence-electron chi connectivity index (χ2n) is 5.54. The fourth-order valence-electron chi connectivity index (χ4n) is 2.93. The van der Waals surface area contributed by atoms with Gasteiger partial charge in [-0.1, -0.05) is 0 Å². The third-order valence-electron chi connectivity index (χ3n) is 4.18. The predicted octanol–water partition coefficient (Wildman–Crippen LogP) is 0.907. The number of carbonyl (C=O) groups excluding carboxylic acids is 2. The molecule has 1 atom stereocenters. The van der Waals surface area contributed by atoms with Gasteiger partial charge in [0.2, 0.25) is 11.8 Å². The van der Waals surface area contributed by atoms with Crippen molar-refractivity contribution in [2.45, 2.75) is 6.42 Å². The van der Waals surface area contributed by atoms with Gasteiger partial charge in [-0.25, -0.2) is 0 Å². The van der Waals surface area contributed by atoms with E-state index in [0.717, 1.165) is 11.4 Å². The number of ether oxygens (including phenoxy) is 2. The molecule has 0 N–H and O–H groups in total. The van der Waals surface area contributed by atoms with Gasteiger partial charge in [0.25, 0.3) is 0 Å². The van der Waals surface area contributed by atoms with Gasteiger partial charge < -0.3 is 19.3 Å². The van der Waals surface area contributed by atoms with Crippen LogP contribution in [0.2, 0.25) is 0 Å². The molecule has 3 rings (SSSR count). The van der Waals surface area contributed by atoms with Gasteiger partial charge in [-0.05, 0) is 24.3 Å². The minimum Gasteiger partial charge on any atom is -0.497 e. The predicted molar refractivity (Wildman–Crippen MR) is 80.9 cm³/mol. The van der Waals surface area contributed by atoms with E-state index in [0.29, 0.717) is 32.8 Å². The molecule has 22 heavy (non-hydrogen) atoms. The molecule has 0 aliphatic carbocycles. The molecule has 0 unspecified atom stereocenters. The van der Waals surface area contributed by atoms with Gasteiger partial charge in [-0.2, -0.15) is 0 Å². The lowest BCUT2D eigenvalue weighted by Crippen LogP contribution is -2.44. The molecule has 0 spiro atoms. The van der Waals surface area contributed by atoms with Gasteiger partial charge in [0.15, 0.2) is 0 Å². The van der Waals surface area contributed by atoms with Crippen LogP contribution in [0.4, 0.5) is 5.69 Å². The summed E-state index contributed by atoms with van der Waals surface area (Å²) >= 11 is 0. The zero-order chi connectivity index (χ0) is 15.5. The fourth-order valence-corrected chi connectivity index (χ4v) is 2.93. The van der Waals surface area contributed by atoms with Crippen molar-refractivity contribution in [3.63, 3.8) is 0 Å². The molecule has 2 aliphatic rings. The zero-order valence-corrected chi connectivity index (χ0v) is 12.7. The number of hydrogen-bond donors (Lipinski definition) is 0. The average Bonchev–Trinajstić information content (AvgIpc) is 2.97. The first kappa shape index (κ1) is 14.8. The van der Waals surface area contributed by atoms with E-state index in [2.05, 4.69) is 0 Å². The SMILES string of the molecule is COc1ccc(N2C[C@H](C(=O)N3CCOCC3)CC2=O)cc1. The summed E-state index contributed by atoms with van der Waals surface area (Å²) in [5.74, 6) is 0.550. The number of amides is 2. The average molecular weight is 304 g/mol.